The van der Waals surface area contributed by atoms with Crippen LogP contribution in [0.15, 0.2) is 39.8 Å². The van der Waals surface area contributed by atoms with Gasteiger partial charge in [0.25, 0.3) is 0 Å². The number of nitrogens with one attached hydrogen (secondary N) is 1. The van der Waals surface area contributed by atoms with Gasteiger partial charge in [-0.05, 0) is 44.9 Å². The Labute approximate surface area is 185 Å². The summed E-state index contributed by atoms with van der Waals surface area (Å²) in [7, 11) is -3.54. The summed E-state index contributed by atoms with van der Waals surface area (Å²) in [6, 6.07) is 8.69. The number of aromatic nitrogens is 2. The average molecular weight is 461 g/mol. The van der Waals surface area contributed by atoms with Crippen molar-refractivity contribution in [1.29, 1.82) is 0 Å². The average Bonchev–Trinajstić information content (AvgIpc) is 3.34. The van der Waals surface area contributed by atoms with Crippen molar-refractivity contribution in [3.05, 3.63) is 46.7 Å². The van der Waals surface area contributed by atoms with Gasteiger partial charge >= 0.3 is 0 Å². The van der Waals surface area contributed by atoms with E-state index in [1.54, 1.807) is 31.2 Å². The molecule has 3 heterocycles. The van der Waals surface area contributed by atoms with Crippen molar-refractivity contribution in [3.63, 3.8) is 0 Å². The number of aryl methyl sites for hydroxylation is 3. The summed E-state index contributed by atoms with van der Waals surface area (Å²) in [5, 5.41) is 6.91. The molecule has 0 atom stereocenters. The molecule has 0 unspecified atom stereocenters. The van der Waals surface area contributed by atoms with Gasteiger partial charge in [0.2, 0.25) is 27.6 Å². The number of hydrogen-bond donors (Lipinski definition) is 1. The zero-order valence-electron chi connectivity index (χ0n) is 17.6. The van der Waals surface area contributed by atoms with Crippen molar-refractivity contribution in [2.75, 3.05) is 18.4 Å². The summed E-state index contributed by atoms with van der Waals surface area (Å²) in [5.41, 5.74) is 1.73. The minimum Gasteiger partial charge on any atom is -0.339 e. The Bertz CT molecular complexity index is 1190. The highest BCUT2D eigenvalue weighted by Gasteiger charge is 2.32. The van der Waals surface area contributed by atoms with Crippen LogP contribution in [-0.2, 0) is 14.8 Å². The quantitative estimate of drug-likeness (QED) is 0.621. The number of nitrogens with zero attached hydrogens (tertiary/aromatic N) is 3. The number of carbonyl (C=O) groups excluding carboxylic acids is 1. The van der Waals surface area contributed by atoms with Crippen molar-refractivity contribution < 1.29 is 17.7 Å². The lowest BCUT2D eigenvalue weighted by Crippen LogP contribution is -2.41. The second-order valence-electron chi connectivity index (χ2n) is 7.70. The molecule has 0 saturated carbocycles. The Kier molecular flexibility index (Phi) is 5.96. The first-order valence-electron chi connectivity index (χ1n) is 10.0. The molecule has 0 bridgehead atoms. The third kappa shape index (κ3) is 4.56. The molecule has 1 aliphatic heterocycles. The van der Waals surface area contributed by atoms with Gasteiger partial charge in [0.1, 0.15) is 0 Å². The molecule has 1 aromatic carbocycles. The smallest absolute Gasteiger partial charge is 0.243 e. The van der Waals surface area contributed by atoms with Crippen LogP contribution in [0.4, 0.5) is 5.69 Å². The van der Waals surface area contributed by atoms with Crippen LogP contribution in [0.2, 0.25) is 0 Å². The molecule has 0 radical (unpaired) electrons. The summed E-state index contributed by atoms with van der Waals surface area (Å²) < 4.78 is 32.2. The molecule has 1 N–H and O–H groups in total. The van der Waals surface area contributed by atoms with Crippen LogP contribution in [0, 0.1) is 26.7 Å². The predicted octanol–water partition coefficient (Wildman–Crippen LogP) is 3.76. The molecule has 3 aromatic rings. The molecule has 1 fully saturated rings. The van der Waals surface area contributed by atoms with Gasteiger partial charge in [0.05, 0.1) is 15.5 Å². The Hall–Kier alpha value is -2.56. The molecule has 4 rings (SSSR count). The molecule has 1 amide bonds. The van der Waals surface area contributed by atoms with Gasteiger partial charge in [0, 0.05) is 30.8 Å². The Balaban J connectivity index is 1.39. The third-order valence-electron chi connectivity index (χ3n) is 5.41. The maximum Gasteiger partial charge on any atom is 0.243 e. The summed E-state index contributed by atoms with van der Waals surface area (Å²) in [4.78, 5) is 19.1. The highest BCUT2D eigenvalue weighted by molar-refractivity contribution is 7.89. The minimum absolute atomic E-state index is 0.0934. The Morgan fingerprint density at radius 3 is 2.45 bits per heavy atom. The third-order valence-corrected chi connectivity index (χ3v) is 8.37. The Morgan fingerprint density at radius 1 is 1.16 bits per heavy atom. The number of carbonyl (C=O) groups is 1. The van der Waals surface area contributed by atoms with E-state index in [0.717, 1.165) is 21.0 Å². The standard InChI is InChI=1S/C21H24N4O4S2/c1-13-4-6-17(7-5-13)31(27,28)25-10-8-16(9-11-25)21(26)23-18-12-19(30-14(18)2)20-22-15(3)29-24-20/h4-7,12,16H,8-11H2,1-3H3,(H,23,26). The van der Waals surface area contributed by atoms with E-state index in [-0.39, 0.29) is 11.8 Å². The fraction of sp³-hybridized carbons (Fsp3) is 0.381. The molecular weight excluding hydrogens is 436 g/mol. The zero-order valence-corrected chi connectivity index (χ0v) is 19.2. The fourth-order valence-corrected chi connectivity index (χ4v) is 5.94. The summed E-state index contributed by atoms with van der Waals surface area (Å²) in [6.07, 6.45) is 0.966. The van der Waals surface area contributed by atoms with E-state index in [9.17, 15) is 13.2 Å². The minimum atomic E-state index is -3.54. The molecule has 0 aliphatic carbocycles. The number of hydrogen-bond acceptors (Lipinski definition) is 7. The van der Waals surface area contributed by atoms with Crippen LogP contribution in [-0.4, -0.2) is 41.9 Å². The summed E-state index contributed by atoms with van der Waals surface area (Å²) in [6.45, 7) is 6.22. The van der Waals surface area contributed by atoms with Crippen LogP contribution < -0.4 is 5.32 Å². The van der Waals surface area contributed by atoms with Crippen molar-refractivity contribution in [2.45, 2.75) is 38.5 Å². The SMILES string of the molecule is Cc1ccc(S(=O)(=O)N2CCC(C(=O)Nc3cc(-c4noc(C)n4)sc3C)CC2)cc1. The monoisotopic (exact) mass is 460 g/mol. The van der Waals surface area contributed by atoms with Gasteiger partial charge in [-0.1, -0.05) is 22.9 Å². The number of amides is 1. The number of rotatable bonds is 5. The Morgan fingerprint density at radius 2 is 1.84 bits per heavy atom. The first-order chi connectivity index (χ1) is 14.7. The van der Waals surface area contributed by atoms with E-state index < -0.39 is 10.0 Å². The van der Waals surface area contributed by atoms with E-state index >= 15 is 0 Å². The van der Waals surface area contributed by atoms with Crippen LogP contribution >= 0.6 is 11.3 Å². The molecule has 0 spiro atoms. The lowest BCUT2D eigenvalue weighted by molar-refractivity contribution is -0.120. The van der Waals surface area contributed by atoms with E-state index in [2.05, 4.69) is 15.5 Å². The molecule has 10 heteroatoms. The van der Waals surface area contributed by atoms with Crippen molar-refractivity contribution in [2.24, 2.45) is 5.92 Å². The van der Waals surface area contributed by atoms with E-state index in [1.165, 1.54) is 15.6 Å². The number of sulfonamides is 1. The van der Waals surface area contributed by atoms with Gasteiger partial charge in [-0.15, -0.1) is 11.3 Å². The van der Waals surface area contributed by atoms with Crippen LogP contribution in [0.25, 0.3) is 10.7 Å². The second kappa shape index (κ2) is 8.52. The molecule has 31 heavy (non-hydrogen) atoms. The van der Waals surface area contributed by atoms with Crippen molar-refractivity contribution >= 4 is 33.0 Å². The lowest BCUT2D eigenvalue weighted by atomic mass is 9.97. The first kappa shape index (κ1) is 21.7. The van der Waals surface area contributed by atoms with Crippen LogP contribution in [0.5, 0.6) is 0 Å². The number of anilines is 1. The molecule has 164 valence electrons. The first-order valence-corrected chi connectivity index (χ1v) is 12.3. The van der Waals surface area contributed by atoms with Crippen molar-refractivity contribution in [1.82, 2.24) is 14.4 Å². The van der Waals surface area contributed by atoms with Gasteiger partial charge < -0.3 is 9.84 Å². The maximum absolute atomic E-state index is 12.9. The number of benzene rings is 1. The van der Waals surface area contributed by atoms with E-state index in [0.29, 0.717) is 42.5 Å². The van der Waals surface area contributed by atoms with Gasteiger partial charge in [0.15, 0.2) is 0 Å². The van der Waals surface area contributed by atoms with Crippen LogP contribution in [0.3, 0.4) is 0 Å². The summed E-state index contributed by atoms with van der Waals surface area (Å²) in [5.74, 6) is 0.656. The van der Waals surface area contributed by atoms with Gasteiger partial charge in [-0.25, -0.2) is 8.42 Å². The summed E-state index contributed by atoms with van der Waals surface area (Å²) >= 11 is 1.48. The highest BCUT2D eigenvalue weighted by Crippen LogP contribution is 2.33. The largest absolute Gasteiger partial charge is 0.339 e. The fourth-order valence-electron chi connectivity index (χ4n) is 3.57. The predicted molar refractivity (Wildman–Crippen MR) is 118 cm³/mol. The second-order valence-corrected chi connectivity index (χ2v) is 10.9. The van der Waals surface area contributed by atoms with E-state index in [4.69, 9.17) is 4.52 Å². The zero-order chi connectivity index (χ0) is 22.2. The molecule has 8 nitrogen and oxygen atoms in total. The highest BCUT2D eigenvalue weighted by atomic mass is 32.2. The van der Waals surface area contributed by atoms with E-state index in [1.807, 2.05) is 19.9 Å². The van der Waals surface area contributed by atoms with Gasteiger partial charge in [-0.3, -0.25) is 4.79 Å². The van der Waals surface area contributed by atoms with Gasteiger partial charge in [-0.2, -0.15) is 9.29 Å². The number of thiophene rings is 1. The lowest BCUT2D eigenvalue weighted by Gasteiger charge is -2.30. The normalized spacial score (nSPS) is 15.8. The molecular formula is C21H24N4O4S2. The maximum atomic E-state index is 12.9. The molecule has 2 aromatic heterocycles. The molecule has 1 saturated heterocycles. The van der Waals surface area contributed by atoms with Crippen molar-refractivity contribution in [3.8, 4) is 10.7 Å². The number of piperidine rings is 1. The molecule has 1 aliphatic rings. The topological polar surface area (TPSA) is 105 Å². The van der Waals surface area contributed by atoms with Crippen LogP contribution in [0.1, 0.15) is 29.2 Å².